The minimum Gasteiger partial charge on any atom is -0.234 e. The Morgan fingerprint density at radius 3 is 1.77 bits per heavy atom. The van der Waals surface area contributed by atoms with Gasteiger partial charge in [0.25, 0.3) is 0 Å². The van der Waals surface area contributed by atoms with Gasteiger partial charge in [0.05, 0.1) is 0 Å². The van der Waals surface area contributed by atoms with Crippen LogP contribution in [0.25, 0.3) is 0 Å². The lowest BCUT2D eigenvalue weighted by Gasteiger charge is -2.34. The van der Waals surface area contributed by atoms with E-state index >= 15 is 4.39 Å². The van der Waals surface area contributed by atoms with Gasteiger partial charge in [-0.1, -0.05) is 42.5 Å². The van der Waals surface area contributed by atoms with Gasteiger partial charge < -0.3 is 0 Å². The van der Waals surface area contributed by atoms with Gasteiger partial charge in [0.15, 0.2) is 4.75 Å². The van der Waals surface area contributed by atoms with Gasteiger partial charge >= 0.3 is 0 Å². The van der Waals surface area contributed by atoms with E-state index in [4.69, 9.17) is 0 Å². The Labute approximate surface area is 175 Å². The number of aromatic nitrogens is 1. The fraction of sp³-hybridized carbons (Fsp3) is 0.0455. The maximum atomic E-state index is 15.2. The molecule has 0 saturated heterocycles. The highest BCUT2D eigenvalue weighted by Gasteiger charge is 2.52. The molecule has 8 heteroatoms. The van der Waals surface area contributed by atoms with Crippen molar-refractivity contribution in [3.63, 3.8) is 0 Å². The molecule has 3 aromatic carbocycles. The Morgan fingerprint density at radius 1 is 0.767 bits per heavy atom. The summed E-state index contributed by atoms with van der Waals surface area (Å²) in [6.45, 7) is 0. The van der Waals surface area contributed by atoms with Gasteiger partial charge in [-0.3, -0.25) is 0 Å². The molecule has 0 fully saturated rings. The van der Waals surface area contributed by atoms with Crippen molar-refractivity contribution in [3.8, 4) is 0 Å². The molecule has 0 bridgehead atoms. The zero-order chi connectivity index (χ0) is 21.4. The van der Waals surface area contributed by atoms with Crippen molar-refractivity contribution >= 4 is 21.2 Å². The van der Waals surface area contributed by atoms with Crippen LogP contribution < -0.4 is 0 Å². The number of thiazole rings is 1. The molecule has 1 aromatic heterocycles. The van der Waals surface area contributed by atoms with Crippen LogP contribution in [-0.2, 0) is 14.6 Å². The molecule has 4 rings (SSSR count). The summed E-state index contributed by atoms with van der Waals surface area (Å²) in [5, 5.41) is 1.49. The Balaban J connectivity index is 2.21. The Morgan fingerprint density at radius 2 is 1.30 bits per heavy atom. The number of sulfone groups is 1. The zero-order valence-electron chi connectivity index (χ0n) is 15.3. The van der Waals surface area contributed by atoms with Crippen molar-refractivity contribution in [2.24, 2.45) is 0 Å². The third-order valence-corrected chi connectivity index (χ3v) is 8.37. The van der Waals surface area contributed by atoms with E-state index in [1.54, 1.807) is 0 Å². The lowest BCUT2D eigenvalue weighted by atomic mass is 9.83. The van der Waals surface area contributed by atoms with Gasteiger partial charge in [0.1, 0.15) is 17.5 Å². The molecule has 0 aliphatic rings. The second-order valence-corrected chi connectivity index (χ2v) is 9.64. The third kappa shape index (κ3) is 3.12. The lowest BCUT2D eigenvalue weighted by molar-refractivity contribution is 0.552. The summed E-state index contributed by atoms with van der Waals surface area (Å²) in [5.74, 6) is -1.93. The van der Waals surface area contributed by atoms with Gasteiger partial charge in [-0.05, 0) is 41.5 Å². The predicted molar refractivity (Wildman–Crippen MR) is 108 cm³/mol. The standard InChI is InChI=1S/C22H14F3NO2S2/c23-17-9-5-15(6-10-17)22(16-7-11-18(24)12-8-16,19-3-1-2-4-20(19)25)30(27,28)21-26-13-14-29-21/h1-14H. The van der Waals surface area contributed by atoms with E-state index in [0.717, 1.165) is 41.7 Å². The minimum absolute atomic E-state index is 0.107. The van der Waals surface area contributed by atoms with Gasteiger partial charge in [-0.25, -0.2) is 26.6 Å². The molecule has 0 radical (unpaired) electrons. The number of rotatable bonds is 5. The van der Waals surface area contributed by atoms with E-state index < -0.39 is 32.0 Å². The number of hydrogen-bond acceptors (Lipinski definition) is 4. The highest BCUT2D eigenvalue weighted by Crippen LogP contribution is 2.48. The first kappa shape index (κ1) is 20.3. The molecule has 4 aromatic rings. The van der Waals surface area contributed by atoms with Crippen molar-refractivity contribution in [1.29, 1.82) is 0 Å². The largest absolute Gasteiger partial charge is 0.234 e. The second kappa shape index (κ2) is 7.70. The molecule has 0 aliphatic heterocycles. The number of halogens is 3. The van der Waals surface area contributed by atoms with Crippen molar-refractivity contribution in [1.82, 2.24) is 4.98 Å². The van der Waals surface area contributed by atoms with Gasteiger partial charge in [0.2, 0.25) is 14.2 Å². The van der Waals surface area contributed by atoms with Crippen molar-refractivity contribution in [2.45, 2.75) is 9.09 Å². The number of hydrogen-bond donors (Lipinski definition) is 0. The fourth-order valence-corrected chi connectivity index (χ4v) is 6.74. The van der Waals surface area contributed by atoms with Gasteiger partial charge in [-0.15, -0.1) is 11.3 Å². The average molecular weight is 445 g/mol. The van der Waals surface area contributed by atoms with Crippen LogP contribution in [-0.4, -0.2) is 13.4 Å². The highest BCUT2D eigenvalue weighted by molar-refractivity contribution is 7.94. The van der Waals surface area contributed by atoms with Crippen LogP contribution in [0.3, 0.4) is 0 Å². The van der Waals surface area contributed by atoms with Crippen LogP contribution in [0, 0.1) is 17.5 Å². The predicted octanol–water partition coefficient (Wildman–Crippen LogP) is 5.33. The summed E-state index contributed by atoms with van der Waals surface area (Å²) >= 11 is 0.883. The first-order valence-corrected chi connectivity index (χ1v) is 11.1. The van der Waals surface area contributed by atoms with Gasteiger partial charge in [0, 0.05) is 17.1 Å². The summed E-state index contributed by atoms with van der Waals surface area (Å²) in [6, 6.07) is 15.0. The van der Waals surface area contributed by atoms with E-state index in [-0.39, 0.29) is 21.0 Å². The molecule has 30 heavy (non-hydrogen) atoms. The average Bonchev–Trinajstić information content (AvgIpc) is 3.28. The molecule has 0 spiro atoms. The van der Waals surface area contributed by atoms with Crippen molar-refractivity contribution < 1.29 is 21.6 Å². The highest BCUT2D eigenvalue weighted by atomic mass is 32.2. The Kier molecular flexibility index (Phi) is 5.21. The SMILES string of the molecule is O=S(=O)(c1nccs1)C(c1ccc(F)cc1)(c1ccc(F)cc1)c1ccccc1F. The molecular formula is C22H14F3NO2S2. The summed E-state index contributed by atoms with van der Waals surface area (Å²) in [7, 11) is -4.40. The Hall–Kier alpha value is -2.97. The van der Waals surface area contributed by atoms with Gasteiger partial charge in [-0.2, -0.15) is 0 Å². The van der Waals surface area contributed by atoms with E-state index in [0.29, 0.717) is 0 Å². The van der Waals surface area contributed by atoms with E-state index in [1.807, 2.05) is 0 Å². The lowest BCUT2D eigenvalue weighted by Crippen LogP contribution is -2.39. The molecule has 3 nitrogen and oxygen atoms in total. The molecule has 0 atom stereocenters. The summed E-state index contributed by atoms with van der Waals surface area (Å²) in [4.78, 5) is 3.96. The molecule has 0 N–H and O–H groups in total. The quantitative estimate of drug-likeness (QED) is 0.390. The molecule has 0 unspecified atom stereocenters. The van der Waals surface area contributed by atoms with Crippen LogP contribution in [0.2, 0.25) is 0 Å². The van der Waals surface area contributed by atoms with E-state index in [2.05, 4.69) is 4.98 Å². The number of benzene rings is 3. The minimum atomic E-state index is -4.40. The zero-order valence-corrected chi connectivity index (χ0v) is 16.9. The molecule has 0 amide bonds. The normalized spacial score (nSPS) is 12.1. The van der Waals surface area contributed by atoms with Crippen LogP contribution in [0.5, 0.6) is 0 Å². The summed E-state index contributed by atoms with van der Waals surface area (Å²) < 4.78 is 68.3. The van der Waals surface area contributed by atoms with Crippen LogP contribution in [0.1, 0.15) is 16.7 Å². The number of nitrogens with zero attached hydrogens (tertiary/aromatic N) is 1. The third-order valence-electron chi connectivity index (χ3n) is 4.80. The monoisotopic (exact) mass is 445 g/mol. The summed E-state index contributed by atoms with van der Waals surface area (Å²) in [5.41, 5.74) is 0.0463. The van der Waals surface area contributed by atoms with Crippen LogP contribution in [0.4, 0.5) is 13.2 Å². The van der Waals surface area contributed by atoms with E-state index in [9.17, 15) is 17.2 Å². The van der Waals surface area contributed by atoms with Crippen LogP contribution >= 0.6 is 11.3 Å². The first-order chi connectivity index (χ1) is 14.4. The smallest absolute Gasteiger partial charge is 0.223 e. The molecule has 152 valence electrons. The topological polar surface area (TPSA) is 47.0 Å². The van der Waals surface area contributed by atoms with Crippen molar-refractivity contribution in [2.75, 3.05) is 0 Å². The fourth-order valence-electron chi connectivity index (χ4n) is 3.52. The molecule has 0 saturated carbocycles. The van der Waals surface area contributed by atoms with Crippen molar-refractivity contribution in [3.05, 3.63) is 119 Å². The maximum absolute atomic E-state index is 15.2. The molecule has 1 heterocycles. The second-order valence-electron chi connectivity index (χ2n) is 6.48. The summed E-state index contributed by atoms with van der Waals surface area (Å²) in [6.07, 6.45) is 1.33. The van der Waals surface area contributed by atoms with Crippen LogP contribution in [0.15, 0.2) is 88.7 Å². The Bertz CT molecular complexity index is 1230. The first-order valence-electron chi connectivity index (χ1n) is 8.78. The molecule has 0 aliphatic carbocycles. The maximum Gasteiger partial charge on any atom is 0.223 e. The molecular weight excluding hydrogens is 431 g/mol. The van der Waals surface area contributed by atoms with E-state index in [1.165, 1.54) is 54.0 Å².